The smallest absolute Gasteiger partial charge is 0.237 e. The maximum Gasteiger partial charge on any atom is 0.237 e. The summed E-state index contributed by atoms with van der Waals surface area (Å²) in [6.07, 6.45) is 0. The zero-order valence-electron chi connectivity index (χ0n) is 11.4. The number of hydrogen-bond acceptors (Lipinski definition) is 2. The van der Waals surface area contributed by atoms with Crippen LogP contribution in [0.5, 0.6) is 0 Å². The van der Waals surface area contributed by atoms with E-state index in [0.29, 0.717) is 0 Å². The van der Waals surface area contributed by atoms with Gasteiger partial charge in [-0.2, -0.15) is 0 Å². The van der Waals surface area contributed by atoms with Gasteiger partial charge in [-0.25, -0.2) is 0 Å². The molecule has 0 radical (unpaired) electrons. The van der Waals surface area contributed by atoms with E-state index in [0.717, 1.165) is 16.1 Å². The third kappa shape index (κ3) is 4.24. The summed E-state index contributed by atoms with van der Waals surface area (Å²) in [5.74, 6) is 0.0307. The molecule has 0 aliphatic carbocycles. The number of rotatable bonds is 4. The summed E-state index contributed by atoms with van der Waals surface area (Å²) < 4.78 is 1.17. The number of anilines is 1. The van der Waals surface area contributed by atoms with Crippen molar-refractivity contribution < 1.29 is 4.79 Å². The number of amides is 1. The fraction of sp³-hybridized carbons (Fsp3) is 0.188. The highest BCUT2D eigenvalue weighted by atomic mass is 127. The average molecular weight is 397 g/mol. The molecule has 0 fully saturated rings. The van der Waals surface area contributed by atoms with Gasteiger partial charge in [-0.1, -0.05) is 18.2 Å². The molecule has 20 heavy (non-hydrogen) atoms. The number of hydrogen-bond donors (Lipinski definition) is 1. The summed E-state index contributed by atoms with van der Waals surface area (Å²) in [6, 6.07) is 16.0. The molecule has 1 atom stereocenters. The van der Waals surface area contributed by atoms with E-state index in [4.69, 9.17) is 0 Å². The SMILES string of the molecule is Cc1cc(I)ccc1NC(=O)[C@@H](C)Sc1ccccc1. The Hall–Kier alpha value is -1.01. The van der Waals surface area contributed by atoms with Crippen LogP contribution in [0.1, 0.15) is 12.5 Å². The fourth-order valence-corrected chi connectivity index (χ4v) is 3.29. The van der Waals surface area contributed by atoms with Crippen LogP contribution >= 0.6 is 34.4 Å². The molecular formula is C16H16INOS. The number of carbonyl (C=O) groups excluding carboxylic acids is 1. The van der Waals surface area contributed by atoms with Crippen molar-refractivity contribution in [1.29, 1.82) is 0 Å². The van der Waals surface area contributed by atoms with Gasteiger partial charge in [0.25, 0.3) is 0 Å². The standard InChI is InChI=1S/C16H16INOS/c1-11-10-13(17)8-9-15(11)18-16(19)12(2)20-14-6-4-3-5-7-14/h3-10,12H,1-2H3,(H,18,19)/t12-/m1/s1. The van der Waals surface area contributed by atoms with Crippen LogP contribution in [-0.4, -0.2) is 11.2 Å². The van der Waals surface area contributed by atoms with Crippen LogP contribution in [0.3, 0.4) is 0 Å². The van der Waals surface area contributed by atoms with Crippen LogP contribution < -0.4 is 5.32 Å². The molecule has 0 spiro atoms. The molecule has 1 N–H and O–H groups in total. The minimum absolute atomic E-state index is 0.0307. The summed E-state index contributed by atoms with van der Waals surface area (Å²) in [6.45, 7) is 3.93. The summed E-state index contributed by atoms with van der Waals surface area (Å²) in [4.78, 5) is 13.3. The van der Waals surface area contributed by atoms with Gasteiger partial charge in [-0.15, -0.1) is 11.8 Å². The van der Waals surface area contributed by atoms with E-state index in [-0.39, 0.29) is 11.2 Å². The van der Waals surface area contributed by atoms with E-state index in [1.807, 2.05) is 56.3 Å². The molecule has 0 saturated carbocycles. The van der Waals surface area contributed by atoms with Gasteiger partial charge in [0.05, 0.1) is 5.25 Å². The first-order chi connectivity index (χ1) is 9.56. The summed E-state index contributed by atoms with van der Waals surface area (Å²) in [5, 5.41) is 2.87. The number of halogens is 1. The molecule has 1 amide bonds. The minimum atomic E-state index is -0.129. The van der Waals surface area contributed by atoms with Gasteiger partial charge in [0.15, 0.2) is 0 Å². The number of aryl methyl sites for hydroxylation is 1. The first-order valence-corrected chi connectivity index (χ1v) is 8.31. The molecule has 0 aromatic heterocycles. The van der Waals surface area contributed by atoms with E-state index in [2.05, 4.69) is 34.0 Å². The van der Waals surface area contributed by atoms with Crippen LogP contribution in [0.2, 0.25) is 0 Å². The highest BCUT2D eigenvalue weighted by Gasteiger charge is 2.15. The van der Waals surface area contributed by atoms with Gasteiger partial charge < -0.3 is 5.32 Å². The van der Waals surface area contributed by atoms with Gasteiger partial charge in [-0.05, 0) is 72.3 Å². The fourth-order valence-electron chi connectivity index (χ4n) is 1.76. The Balaban J connectivity index is 2.01. The molecule has 0 bridgehead atoms. The van der Waals surface area contributed by atoms with Crippen LogP contribution in [0.15, 0.2) is 53.4 Å². The maximum atomic E-state index is 12.2. The van der Waals surface area contributed by atoms with Gasteiger partial charge in [-0.3, -0.25) is 4.79 Å². The zero-order valence-corrected chi connectivity index (χ0v) is 14.4. The molecule has 2 rings (SSSR count). The van der Waals surface area contributed by atoms with Gasteiger partial charge in [0, 0.05) is 14.2 Å². The van der Waals surface area contributed by atoms with Crippen LogP contribution in [-0.2, 0) is 4.79 Å². The van der Waals surface area contributed by atoms with E-state index < -0.39 is 0 Å². The lowest BCUT2D eigenvalue weighted by Crippen LogP contribution is -2.22. The summed E-state index contributed by atoms with van der Waals surface area (Å²) in [7, 11) is 0. The van der Waals surface area contributed by atoms with Crippen LogP contribution in [0.4, 0.5) is 5.69 Å². The Labute approximate surface area is 137 Å². The van der Waals surface area contributed by atoms with Crippen molar-refractivity contribution in [2.75, 3.05) is 5.32 Å². The normalized spacial score (nSPS) is 11.9. The molecule has 0 heterocycles. The molecule has 0 aliphatic heterocycles. The third-order valence-corrected chi connectivity index (χ3v) is 4.65. The first-order valence-electron chi connectivity index (χ1n) is 6.35. The highest BCUT2D eigenvalue weighted by Crippen LogP contribution is 2.24. The molecule has 104 valence electrons. The number of carbonyl (C=O) groups is 1. The highest BCUT2D eigenvalue weighted by molar-refractivity contribution is 14.1. The summed E-state index contributed by atoms with van der Waals surface area (Å²) in [5.41, 5.74) is 1.97. The summed E-state index contributed by atoms with van der Waals surface area (Å²) >= 11 is 3.83. The molecular weight excluding hydrogens is 381 g/mol. The number of benzene rings is 2. The van der Waals surface area contributed by atoms with Gasteiger partial charge >= 0.3 is 0 Å². The predicted octanol–water partition coefficient (Wildman–Crippen LogP) is 4.72. The first kappa shape index (κ1) is 15.4. The van der Waals surface area contributed by atoms with Crippen molar-refractivity contribution in [3.63, 3.8) is 0 Å². The molecule has 2 nitrogen and oxygen atoms in total. The topological polar surface area (TPSA) is 29.1 Å². The molecule has 2 aromatic carbocycles. The monoisotopic (exact) mass is 397 g/mol. The zero-order chi connectivity index (χ0) is 14.5. The van der Waals surface area contributed by atoms with Crippen molar-refractivity contribution >= 4 is 45.9 Å². The maximum absolute atomic E-state index is 12.2. The minimum Gasteiger partial charge on any atom is -0.325 e. The number of nitrogens with one attached hydrogen (secondary N) is 1. The van der Waals surface area contributed by atoms with E-state index in [9.17, 15) is 4.79 Å². The van der Waals surface area contributed by atoms with Gasteiger partial charge in [0.2, 0.25) is 5.91 Å². The second-order valence-electron chi connectivity index (χ2n) is 4.52. The van der Waals surface area contributed by atoms with Crippen molar-refractivity contribution in [3.05, 3.63) is 57.7 Å². The Morgan fingerprint density at radius 1 is 1.20 bits per heavy atom. The Morgan fingerprint density at radius 2 is 1.90 bits per heavy atom. The Morgan fingerprint density at radius 3 is 2.55 bits per heavy atom. The third-order valence-electron chi connectivity index (χ3n) is 2.87. The Kier molecular flexibility index (Phi) is 5.48. The quantitative estimate of drug-likeness (QED) is 0.598. The molecule has 2 aromatic rings. The van der Waals surface area contributed by atoms with Gasteiger partial charge in [0.1, 0.15) is 0 Å². The second-order valence-corrected chi connectivity index (χ2v) is 7.18. The lowest BCUT2D eigenvalue weighted by molar-refractivity contribution is -0.115. The molecule has 4 heteroatoms. The Bertz CT molecular complexity index is 601. The van der Waals surface area contributed by atoms with Crippen molar-refractivity contribution in [2.45, 2.75) is 24.0 Å². The largest absolute Gasteiger partial charge is 0.325 e. The predicted molar refractivity (Wildman–Crippen MR) is 94.3 cm³/mol. The lowest BCUT2D eigenvalue weighted by atomic mass is 10.2. The van der Waals surface area contributed by atoms with E-state index in [1.165, 1.54) is 3.57 Å². The van der Waals surface area contributed by atoms with E-state index in [1.54, 1.807) is 11.8 Å². The van der Waals surface area contributed by atoms with Crippen LogP contribution in [0.25, 0.3) is 0 Å². The lowest BCUT2D eigenvalue weighted by Gasteiger charge is -2.13. The molecule has 0 saturated heterocycles. The number of thioether (sulfide) groups is 1. The van der Waals surface area contributed by atoms with Crippen molar-refractivity contribution in [2.24, 2.45) is 0 Å². The van der Waals surface area contributed by atoms with Crippen LogP contribution in [0, 0.1) is 10.5 Å². The average Bonchev–Trinajstić information content (AvgIpc) is 2.43. The van der Waals surface area contributed by atoms with E-state index >= 15 is 0 Å². The van der Waals surface area contributed by atoms with Crippen molar-refractivity contribution in [3.8, 4) is 0 Å². The molecule has 0 aliphatic rings. The molecule has 0 unspecified atom stereocenters. The van der Waals surface area contributed by atoms with Crippen molar-refractivity contribution in [1.82, 2.24) is 0 Å². The second kappa shape index (κ2) is 7.13.